The van der Waals surface area contributed by atoms with E-state index in [9.17, 15) is 43.2 Å². The molecule has 0 bridgehead atoms. The van der Waals surface area contributed by atoms with E-state index in [1.165, 1.54) is 225 Å². The summed E-state index contributed by atoms with van der Waals surface area (Å²) < 4.78 is 68.8. The number of hydrogen-bond acceptors (Lipinski definition) is 15. The molecular weight excluding hydrogens is 1330 g/mol. The second-order valence-electron chi connectivity index (χ2n) is 31.8. The molecule has 17 nitrogen and oxygen atoms in total. The Hall–Kier alpha value is -1.94. The van der Waals surface area contributed by atoms with Gasteiger partial charge in [0.2, 0.25) is 0 Å². The van der Waals surface area contributed by atoms with E-state index >= 15 is 0 Å². The highest BCUT2D eigenvalue weighted by Crippen LogP contribution is 2.45. The Morgan fingerprint density at radius 2 is 0.412 bits per heavy atom. The van der Waals surface area contributed by atoms with Gasteiger partial charge in [0.25, 0.3) is 0 Å². The number of carbonyl (C=O) groups excluding carboxylic acids is 4. The van der Waals surface area contributed by atoms with Crippen LogP contribution in [0.4, 0.5) is 0 Å². The first-order valence-corrected chi connectivity index (χ1v) is 45.7. The minimum absolute atomic E-state index is 0.106. The standard InChI is InChI=1S/C83H162O17P2/c1-73(2)59-51-43-35-29-23-17-11-9-13-20-26-32-38-47-55-63-80(85)93-69-78(99-82(87)65-58-50-40-34-28-22-16-15-19-25-31-37-45-53-61-75(5)6)71-97-101(89,90)95-67-77(84)68-96-102(91,92)98-72-79(70-94-81(86)64-56-48-42-41-46-54-62-76(7)8)100-83(88)66-57-49-39-33-27-21-14-10-12-18-24-30-36-44-52-60-74(3)4/h73-79,84H,9-72H2,1-8H3,(H,89,90)(H,91,92)/t77?,78-,79-/m1/s1. The molecule has 0 aromatic heterocycles. The summed E-state index contributed by atoms with van der Waals surface area (Å²) in [5.41, 5.74) is 0. The van der Waals surface area contributed by atoms with Crippen molar-refractivity contribution >= 4 is 39.5 Å². The van der Waals surface area contributed by atoms with Gasteiger partial charge in [-0.25, -0.2) is 9.13 Å². The Morgan fingerprint density at radius 3 is 0.608 bits per heavy atom. The highest BCUT2D eigenvalue weighted by molar-refractivity contribution is 7.47. The zero-order valence-electron chi connectivity index (χ0n) is 67.2. The van der Waals surface area contributed by atoms with Crippen LogP contribution in [-0.2, 0) is 65.4 Å². The van der Waals surface area contributed by atoms with Gasteiger partial charge < -0.3 is 33.8 Å². The lowest BCUT2D eigenvalue weighted by atomic mass is 10.0. The number of carbonyl (C=O) groups is 4. The number of phosphoric ester groups is 2. The van der Waals surface area contributed by atoms with Gasteiger partial charge in [-0.15, -0.1) is 0 Å². The predicted molar refractivity (Wildman–Crippen MR) is 418 cm³/mol. The molecule has 0 aromatic carbocycles. The summed E-state index contributed by atoms with van der Waals surface area (Å²) in [6.07, 6.45) is 59.8. The van der Waals surface area contributed by atoms with Crippen LogP contribution in [0.1, 0.15) is 428 Å². The highest BCUT2D eigenvalue weighted by atomic mass is 31.2. The molecule has 3 N–H and O–H groups in total. The molecule has 0 fully saturated rings. The van der Waals surface area contributed by atoms with E-state index in [1.54, 1.807) is 0 Å². The molecule has 102 heavy (non-hydrogen) atoms. The number of hydrogen-bond donors (Lipinski definition) is 3. The van der Waals surface area contributed by atoms with Crippen molar-refractivity contribution in [1.82, 2.24) is 0 Å². The zero-order valence-corrected chi connectivity index (χ0v) is 69.0. The maximum atomic E-state index is 13.1. The molecule has 606 valence electrons. The molecule has 0 heterocycles. The molecule has 0 saturated carbocycles. The van der Waals surface area contributed by atoms with Gasteiger partial charge in [0.1, 0.15) is 19.3 Å². The Labute approximate surface area is 626 Å². The fourth-order valence-corrected chi connectivity index (χ4v) is 14.4. The first kappa shape index (κ1) is 100. The average molecular weight is 1490 g/mol. The average Bonchev–Trinajstić information content (AvgIpc) is 0.911. The molecule has 5 atom stereocenters. The fourth-order valence-electron chi connectivity index (χ4n) is 12.8. The Kier molecular flexibility index (Phi) is 70.6. The molecule has 0 amide bonds. The Bertz CT molecular complexity index is 1990. The van der Waals surface area contributed by atoms with Crippen molar-refractivity contribution in [2.75, 3.05) is 39.6 Å². The molecule has 0 saturated heterocycles. The lowest BCUT2D eigenvalue weighted by Crippen LogP contribution is -2.30. The van der Waals surface area contributed by atoms with Crippen molar-refractivity contribution in [3.63, 3.8) is 0 Å². The molecule has 0 aliphatic heterocycles. The number of rotatable bonds is 80. The molecule has 0 rings (SSSR count). The van der Waals surface area contributed by atoms with Crippen LogP contribution in [0.2, 0.25) is 0 Å². The van der Waals surface area contributed by atoms with Crippen molar-refractivity contribution in [2.24, 2.45) is 23.7 Å². The Morgan fingerprint density at radius 1 is 0.245 bits per heavy atom. The van der Waals surface area contributed by atoms with Crippen LogP contribution in [0.5, 0.6) is 0 Å². The molecular formula is C83H162O17P2. The molecule has 3 unspecified atom stereocenters. The van der Waals surface area contributed by atoms with Crippen LogP contribution in [0.15, 0.2) is 0 Å². The minimum atomic E-state index is -4.96. The zero-order chi connectivity index (χ0) is 75.3. The van der Waals surface area contributed by atoms with Crippen LogP contribution in [0, 0.1) is 23.7 Å². The van der Waals surface area contributed by atoms with Crippen LogP contribution in [-0.4, -0.2) is 96.7 Å². The highest BCUT2D eigenvalue weighted by Gasteiger charge is 2.30. The fraction of sp³-hybridized carbons (Fsp3) is 0.952. The van der Waals surface area contributed by atoms with E-state index in [4.69, 9.17) is 37.0 Å². The second-order valence-corrected chi connectivity index (χ2v) is 34.7. The van der Waals surface area contributed by atoms with Gasteiger partial charge in [0.15, 0.2) is 12.2 Å². The number of aliphatic hydroxyl groups is 1. The van der Waals surface area contributed by atoms with Crippen molar-refractivity contribution in [2.45, 2.75) is 446 Å². The van der Waals surface area contributed by atoms with E-state index in [-0.39, 0.29) is 25.7 Å². The summed E-state index contributed by atoms with van der Waals surface area (Å²) in [7, 11) is -9.92. The quantitative estimate of drug-likeness (QED) is 0.0222. The lowest BCUT2D eigenvalue weighted by molar-refractivity contribution is -0.161. The van der Waals surface area contributed by atoms with Gasteiger partial charge in [0.05, 0.1) is 26.4 Å². The summed E-state index contributed by atoms with van der Waals surface area (Å²) >= 11 is 0. The van der Waals surface area contributed by atoms with Gasteiger partial charge in [-0.1, -0.05) is 376 Å². The smallest absolute Gasteiger partial charge is 0.462 e. The molecule has 0 radical (unpaired) electrons. The second kappa shape index (κ2) is 72.0. The largest absolute Gasteiger partial charge is 0.472 e. The summed E-state index contributed by atoms with van der Waals surface area (Å²) in [6, 6.07) is 0. The van der Waals surface area contributed by atoms with Gasteiger partial charge in [-0.05, 0) is 49.4 Å². The SMILES string of the molecule is CC(C)CCCCCCCCCCCCCCCCCC(=O)OC[C@H](COP(=O)(O)OCC(O)COP(=O)(O)OC[C@@H](COC(=O)CCCCCCCCC(C)C)OC(=O)CCCCCCCCCCCCCCCCCC(C)C)OC(=O)CCCCCCCCCCCCCCCCC(C)C. The number of aliphatic hydroxyl groups excluding tert-OH is 1. The van der Waals surface area contributed by atoms with Crippen LogP contribution in [0.25, 0.3) is 0 Å². The normalized spacial score (nSPS) is 14.0. The predicted octanol–water partition coefficient (Wildman–Crippen LogP) is 24.8. The minimum Gasteiger partial charge on any atom is -0.462 e. The Balaban J connectivity index is 5.22. The molecule has 0 aliphatic carbocycles. The monoisotopic (exact) mass is 1490 g/mol. The first-order valence-electron chi connectivity index (χ1n) is 42.7. The van der Waals surface area contributed by atoms with E-state index in [0.29, 0.717) is 31.6 Å². The molecule has 0 aromatic rings. The number of ether oxygens (including phenoxy) is 4. The van der Waals surface area contributed by atoms with Crippen LogP contribution in [0.3, 0.4) is 0 Å². The van der Waals surface area contributed by atoms with Gasteiger partial charge in [-0.3, -0.25) is 37.3 Å². The van der Waals surface area contributed by atoms with E-state index in [2.05, 4.69) is 55.4 Å². The third-order valence-electron chi connectivity index (χ3n) is 19.3. The maximum Gasteiger partial charge on any atom is 0.472 e. The molecule has 0 aliphatic rings. The topological polar surface area (TPSA) is 237 Å². The number of phosphoric acid groups is 2. The third-order valence-corrected chi connectivity index (χ3v) is 21.2. The third kappa shape index (κ3) is 76.3. The summed E-state index contributed by atoms with van der Waals surface area (Å²) in [6.45, 7) is 14.3. The van der Waals surface area contributed by atoms with Crippen molar-refractivity contribution in [1.29, 1.82) is 0 Å². The van der Waals surface area contributed by atoms with Crippen LogP contribution >= 0.6 is 15.6 Å². The number of esters is 4. The maximum absolute atomic E-state index is 13.1. The van der Waals surface area contributed by atoms with Crippen molar-refractivity contribution in [3.8, 4) is 0 Å². The summed E-state index contributed by atoms with van der Waals surface area (Å²) in [4.78, 5) is 73.1. The molecule has 19 heteroatoms. The molecule has 0 spiro atoms. The van der Waals surface area contributed by atoms with Gasteiger partial charge in [0, 0.05) is 25.7 Å². The van der Waals surface area contributed by atoms with Gasteiger partial charge >= 0.3 is 39.5 Å². The van der Waals surface area contributed by atoms with Crippen molar-refractivity contribution < 1.29 is 80.2 Å². The van der Waals surface area contributed by atoms with E-state index < -0.39 is 97.5 Å². The van der Waals surface area contributed by atoms with Gasteiger partial charge in [-0.2, -0.15) is 0 Å². The van der Waals surface area contributed by atoms with E-state index in [0.717, 1.165) is 114 Å². The summed E-state index contributed by atoms with van der Waals surface area (Å²) in [5.74, 6) is 0.971. The number of unbranched alkanes of at least 4 members (excludes halogenated alkanes) is 46. The first-order chi connectivity index (χ1) is 49.1. The lowest BCUT2D eigenvalue weighted by Gasteiger charge is -2.21. The van der Waals surface area contributed by atoms with Crippen molar-refractivity contribution in [3.05, 3.63) is 0 Å². The van der Waals surface area contributed by atoms with E-state index in [1.807, 2.05) is 0 Å². The van der Waals surface area contributed by atoms with Crippen LogP contribution < -0.4 is 0 Å². The summed E-state index contributed by atoms with van der Waals surface area (Å²) in [5, 5.41) is 10.7.